The maximum atomic E-state index is 8.44. The van der Waals surface area contributed by atoms with Gasteiger partial charge in [-0.3, -0.25) is 4.98 Å². The Labute approximate surface area is 135 Å². The Bertz CT molecular complexity index is 1100. The van der Waals surface area contributed by atoms with E-state index in [2.05, 4.69) is 4.98 Å². The van der Waals surface area contributed by atoms with E-state index in [0.29, 0.717) is 22.2 Å². The zero-order valence-electron chi connectivity index (χ0n) is 16.1. The van der Waals surface area contributed by atoms with Gasteiger partial charge in [0.2, 0.25) is 0 Å². The van der Waals surface area contributed by atoms with Crippen molar-refractivity contribution in [3.05, 3.63) is 66.4 Å². The summed E-state index contributed by atoms with van der Waals surface area (Å²) in [7, 11) is 0. The predicted octanol–water partition coefficient (Wildman–Crippen LogP) is 5.77. The van der Waals surface area contributed by atoms with Crippen LogP contribution in [0, 0.1) is 0 Å². The van der Waals surface area contributed by atoms with Crippen molar-refractivity contribution in [3.8, 4) is 11.1 Å². The van der Waals surface area contributed by atoms with Crippen molar-refractivity contribution < 1.29 is 9.90 Å². The maximum absolute atomic E-state index is 8.44. The molecule has 108 valence electrons. The molecule has 2 aromatic heterocycles. The maximum Gasteiger partial charge on any atom is 0.157 e. The largest absolute Gasteiger partial charge is 0.453 e. The highest BCUT2D eigenvalue weighted by Gasteiger charge is 2.16. The van der Waals surface area contributed by atoms with Crippen LogP contribution in [0.4, 0.5) is 0 Å². The van der Waals surface area contributed by atoms with E-state index in [1.807, 2.05) is 48.5 Å². The molecule has 0 aliphatic carbocycles. The third-order valence-corrected chi connectivity index (χ3v) is 3.87. The van der Waals surface area contributed by atoms with Gasteiger partial charge >= 0.3 is 0 Å². The molecule has 0 N–H and O–H groups in total. The van der Waals surface area contributed by atoms with Gasteiger partial charge < -0.3 is 4.42 Å². The molecule has 0 saturated carbocycles. The summed E-state index contributed by atoms with van der Waals surface area (Å²) in [5.41, 5.74) is 3.82. The van der Waals surface area contributed by atoms with E-state index in [0.717, 1.165) is 16.5 Å². The number of hydrogen-bond acceptors (Lipinski definition) is 2. The van der Waals surface area contributed by atoms with E-state index in [1.165, 1.54) is 6.92 Å². The average molecular weight is 291 g/mol. The van der Waals surface area contributed by atoms with E-state index in [4.69, 9.17) is 9.90 Å². The minimum atomic E-state index is -2.48. The summed E-state index contributed by atoms with van der Waals surface area (Å²) in [6, 6.07) is 17.2. The summed E-state index contributed by atoms with van der Waals surface area (Å²) in [4.78, 5) is 4.40. The second-order valence-electron chi connectivity index (χ2n) is 5.31. The molecule has 0 aliphatic rings. The van der Waals surface area contributed by atoms with Crippen molar-refractivity contribution in [3.63, 3.8) is 0 Å². The van der Waals surface area contributed by atoms with E-state index < -0.39 is 12.7 Å². The molecule has 0 spiro atoms. The third-order valence-electron chi connectivity index (χ3n) is 3.87. The second kappa shape index (κ2) is 4.99. The molecule has 0 radical (unpaired) electrons. The van der Waals surface area contributed by atoms with Crippen LogP contribution in [0.2, 0.25) is 0 Å². The molecule has 4 rings (SSSR count). The van der Waals surface area contributed by atoms with Crippen LogP contribution >= 0.6 is 0 Å². The summed E-state index contributed by atoms with van der Waals surface area (Å²) in [5, 5.41) is 0.810. The van der Waals surface area contributed by atoms with Crippen LogP contribution in [0.3, 0.4) is 0 Å². The zero-order valence-corrected chi connectivity index (χ0v) is 12.1. The lowest BCUT2D eigenvalue weighted by molar-refractivity contribution is 0.657. The van der Waals surface area contributed by atoms with Gasteiger partial charge in [-0.25, -0.2) is 0 Å². The first kappa shape index (κ1) is 9.42. The lowest BCUT2D eigenvalue weighted by atomic mass is 10.0. The van der Waals surface area contributed by atoms with Gasteiger partial charge in [-0.15, -0.1) is 0 Å². The highest BCUT2D eigenvalue weighted by molar-refractivity contribution is 6.08. The number of hydrogen-bond donors (Lipinski definition) is 0. The van der Waals surface area contributed by atoms with Gasteiger partial charge in [0.1, 0.15) is 11.1 Å². The van der Waals surface area contributed by atoms with Crippen LogP contribution in [0.1, 0.15) is 30.7 Å². The number of nitrogens with zero attached hydrogens (tertiary/aromatic N) is 1. The van der Waals surface area contributed by atoms with Crippen LogP contribution in [-0.4, -0.2) is 4.98 Å². The summed E-state index contributed by atoms with van der Waals surface area (Å²) < 4.78 is 37.8. The van der Waals surface area contributed by atoms with Crippen molar-refractivity contribution in [1.29, 1.82) is 0 Å². The van der Waals surface area contributed by atoms with Gasteiger partial charge in [0.15, 0.2) is 5.58 Å². The topological polar surface area (TPSA) is 26.0 Å². The Balaban J connectivity index is 2.06. The van der Waals surface area contributed by atoms with Crippen LogP contribution in [-0.2, 0) is 0 Å². The van der Waals surface area contributed by atoms with Crippen LogP contribution in [0.15, 0.2) is 65.2 Å². The molecule has 22 heavy (non-hydrogen) atoms. The SMILES string of the molecule is [2H]C([2H])([2H])C([2H])(C)c1ccnc2c1oc1c(-c3ccccc3)cccc12. The number of furan rings is 1. The highest BCUT2D eigenvalue weighted by atomic mass is 16.3. The molecule has 2 nitrogen and oxygen atoms in total. The van der Waals surface area contributed by atoms with Crippen molar-refractivity contribution in [1.82, 2.24) is 4.98 Å². The fourth-order valence-corrected chi connectivity index (χ4v) is 2.82. The number of fused-ring (bicyclic) bond motifs is 3. The first-order chi connectivity index (χ1) is 12.3. The minimum absolute atomic E-state index is 0.317. The van der Waals surface area contributed by atoms with E-state index in [1.54, 1.807) is 12.3 Å². The molecule has 4 aromatic rings. The molecule has 2 heteroatoms. The number of rotatable bonds is 2. The Morgan fingerprint density at radius 3 is 2.73 bits per heavy atom. The summed E-state index contributed by atoms with van der Waals surface area (Å²) in [6.45, 7) is -1.09. The quantitative estimate of drug-likeness (QED) is 0.468. The predicted molar refractivity (Wildman–Crippen MR) is 91.0 cm³/mol. The van der Waals surface area contributed by atoms with Crippen molar-refractivity contribution in [2.45, 2.75) is 19.7 Å². The number of pyridine rings is 1. The Morgan fingerprint density at radius 1 is 1.05 bits per heavy atom. The average Bonchev–Trinajstić information content (AvgIpc) is 3.00. The molecule has 1 unspecified atom stereocenters. The molecule has 0 aliphatic heterocycles. The Morgan fingerprint density at radius 2 is 1.91 bits per heavy atom. The van der Waals surface area contributed by atoms with Crippen molar-refractivity contribution in [2.75, 3.05) is 0 Å². The molecule has 0 bridgehead atoms. The van der Waals surface area contributed by atoms with Crippen LogP contribution in [0.25, 0.3) is 33.2 Å². The van der Waals surface area contributed by atoms with Gasteiger partial charge in [0.25, 0.3) is 0 Å². The van der Waals surface area contributed by atoms with Crippen molar-refractivity contribution >= 4 is 22.1 Å². The number of benzene rings is 2. The monoisotopic (exact) mass is 291 g/mol. The minimum Gasteiger partial charge on any atom is -0.453 e. The third kappa shape index (κ3) is 1.92. The molecule has 0 amide bonds. The molecule has 0 saturated heterocycles. The first-order valence-corrected chi connectivity index (χ1v) is 7.17. The second-order valence-corrected chi connectivity index (χ2v) is 5.31. The van der Waals surface area contributed by atoms with E-state index >= 15 is 0 Å². The summed E-state index contributed by atoms with van der Waals surface area (Å²) in [5.74, 6) is -1.80. The standard InChI is InChI=1S/C20H17NO/c1-13(2)15-11-12-21-18-17-10-6-9-16(19(17)22-20(15)18)14-7-4-3-5-8-14/h3-13H,1-2H3/i1D3,13D. The first-order valence-electron chi connectivity index (χ1n) is 9.17. The fraction of sp³-hybridized carbons (Fsp3) is 0.150. The smallest absolute Gasteiger partial charge is 0.157 e. The zero-order chi connectivity index (χ0) is 18.5. The lowest BCUT2D eigenvalue weighted by Crippen LogP contribution is -1.88. The molecule has 2 aromatic carbocycles. The Kier molecular flexibility index (Phi) is 2.13. The molecule has 1 atom stereocenters. The normalized spacial score (nSPS) is 17.5. The fourth-order valence-electron chi connectivity index (χ4n) is 2.82. The van der Waals surface area contributed by atoms with Crippen LogP contribution in [0.5, 0.6) is 0 Å². The van der Waals surface area contributed by atoms with Crippen LogP contribution < -0.4 is 0 Å². The van der Waals surface area contributed by atoms with Gasteiger partial charge in [0, 0.05) is 28.2 Å². The van der Waals surface area contributed by atoms with Crippen molar-refractivity contribution in [2.24, 2.45) is 0 Å². The van der Waals surface area contributed by atoms with E-state index in [9.17, 15) is 0 Å². The molecular weight excluding hydrogens is 270 g/mol. The number of para-hydroxylation sites is 1. The van der Waals surface area contributed by atoms with Gasteiger partial charge in [-0.1, -0.05) is 56.2 Å². The highest BCUT2D eigenvalue weighted by Crippen LogP contribution is 2.37. The molecular formula is C20H17NO. The van der Waals surface area contributed by atoms with Gasteiger partial charge in [-0.05, 0) is 23.6 Å². The molecule has 2 heterocycles. The van der Waals surface area contributed by atoms with E-state index in [-0.39, 0.29) is 0 Å². The molecule has 0 fully saturated rings. The number of aromatic nitrogens is 1. The van der Waals surface area contributed by atoms with Gasteiger partial charge in [0.05, 0.1) is 0 Å². The Hall–Kier alpha value is -2.61. The van der Waals surface area contributed by atoms with Gasteiger partial charge in [-0.2, -0.15) is 0 Å². The summed E-state index contributed by atoms with van der Waals surface area (Å²) >= 11 is 0. The summed E-state index contributed by atoms with van der Waals surface area (Å²) in [6.07, 6.45) is 1.54. The lowest BCUT2D eigenvalue weighted by Gasteiger charge is -2.04.